The van der Waals surface area contributed by atoms with E-state index in [0.717, 1.165) is 18.8 Å². The third kappa shape index (κ3) is 2.80. The molecular weight excluding hydrogens is 246 g/mol. The smallest absolute Gasteiger partial charge is 0.229 e. The molecule has 0 bridgehead atoms. The van der Waals surface area contributed by atoms with E-state index in [1.54, 1.807) is 0 Å². The van der Waals surface area contributed by atoms with Crippen LogP contribution in [-0.4, -0.2) is 24.8 Å². The highest BCUT2D eigenvalue weighted by molar-refractivity contribution is 7.81. The lowest BCUT2D eigenvalue weighted by Gasteiger charge is -2.26. The van der Waals surface area contributed by atoms with Gasteiger partial charge in [-0.1, -0.05) is 26.0 Å². The topological polar surface area (TPSA) is 38.3 Å². The molecule has 0 atom stereocenters. The first kappa shape index (κ1) is 13.3. The molecule has 0 aromatic heterocycles. The Morgan fingerprint density at radius 1 is 1.50 bits per heavy atom. The maximum atomic E-state index is 11.3. The van der Waals surface area contributed by atoms with E-state index in [9.17, 15) is 4.79 Å². The Labute approximate surface area is 113 Å². The molecule has 1 heterocycles. The van der Waals surface area contributed by atoms with Crippen molar-refractivity contribution in [3.05, 3.63) is 29.3 Å². The van der Waals surface area contributed by atoms with Gasteiger partial charge < -0.3 is 10.1 Å². The van der Waals surface area contributed by atoms with Gasteiger partial charge in [-0.25, -0.2) is 0 Å². The minimum absolute atomic E-state index is 0.0316. The van der Waals surface area contributed by atoms with Crippen molar-refractivity contribution in [3.8, 4) is 5.75 Å². The molecule has 1 N–H and O–H groups in total. The number of thiol groups is 1. The number of benzene rings is 1. The first-order valence-corrected chi connectivity index (χ1v) is 6.80. The Hall–Kier alpha value is -1.16. The zero-order valence-electron chi connectivity index (χ0n) is 10.8. The second-order valence-electron chi connectivity index (χ2n) is 5.24. The van der Waals surface area contributed by atoms with Crippen molar-refractivity contribution in [2.45, 2.75) is 25.7 Å². The minimum Gasteiger partial charge on any atom is -0.493 e. The lowest BCUT2D eigenvalue weighted by atomic mass is 9.83. The molecule has 4 heteroatoms. The fourth-order valence-corrected chi connectivity index (χ4v) is 2.20. The number of hydrogen-bond donors (Lipinski definition) is 2. The molecular formula is C14H19NO2S. The molecule has 1 aromatic rings. The van der Waals surface area contributed by atoms with Gasteiger partial charge in [0.1, 0.15) is 5.75 Å². The predicted octanol–water partition coefficient (Wildman–Crippen LogP) is 1.95. The molecule has 0 radical (unpaired) electrons. The van der Waals surface area contributed by atoms with E-state index in [-0.39, 0.29) is 17.1 Å². The molecule has 0 spiro atoms. The Morgan fingerprint density at radius 2 is 2.28 bits per heavy atom. The van der Waals surface area contributed by atoms with Gasteiger partial charge in [0, 0.05) is 18.4 Å². The fraction of sp³-hybridized carbons (Fsp3) is 0.500. The first-order chi connectivity index (χ1) is 8.53. The summed E-state index contributed by atoms with van der Waals surface area (Å²) in [5, 5.41) is 2.89. The highest BCUT2D eigenvalue weighted by atomic mass is 32.1. The summed E-state index contributed by atoms with van der Waals surface area (Å²) >= 11 is 3.96. The van der Waals surface area contributed by atoms with Gasteiger partial charge in [0.15, 0.2) is 0 Å². The third-order valence-electron chi connectivity index (χ3n) is 3.34. The maximum Gasteiger partial charge on any atom is 0.229 e. The molecule has 0 unspecified atom stereocenters. The van der Waals surface area contributed by atoms with Crippen molar-refractivity contribution in [2.24, 2.45) is 0 Å². The second kappa shape index (κ2) is 5.22. The number of hydrogen-bond acceptors (Lipinski definition) is 3. The Kier molecular flexibility index (Phi) is 3.85. The van der Waals surface area contributed by atoms with Crippen LogP contribution in [0.5, 0.6) is 5.75 Å². The van der Waals surface area contributed by atoms with Crippen LogP contribution in [0.15, 0.2) is 18.2 Å². The van der Waals surface area contributed by atoms with Crippen LogP contribution in [-0.2, 0) is 16.6 Å². The number of nitrogens with one attached hydrogen (secondary N) is 1. The number of fused-ring (bicyclic) bond motifs is 1. The molecule has 1 aliphatic heterocycles. The van der Waals surface area contributed by atoms with Crippen LogP contribution < -0.4 is 10.1 Å². The molecule has 0 fully saturated rings. The van der Waals surface area contributed by atoms with Crippen LogP contribution in [0.25, 0.3) is 0 Å². The van der Waals surface area contributed by atoms with Crippen LogP contribution in [0.1, 0.15) is 25.0 Å². The first-order valence-electron chi connectivity index (χ1n) is 6.17. The third-order valence-corrected chi connectivity index (χ3v) is 3.63. The van der Waals surface area contributed by atoms with Crippen molar-refractivity contribution < 1.29 is 9.53 Å². The predicted molar refractivity (Wildman–Crippen MR) is 75.5 cm³/mol. The fourth-order valence-electron chi connectivity index (χ4n) is 2.09. The standard InChI is InChI=1S/C14H19NO2S/c1-14(2,9-15-13(16)8-18)11-3-4-12-10(7-11)5-6-17-12/h3-4,7,18H,5-6,8-9H2,1-2H3,(H,15,16). The summed E-state index contributed by atoms with van der Waals surface area (Å²) in [4.78, 5) is 11.3. The van der Waals surface area contributed by atoms with Crippen molar-refractivity contribution in [3.63, 3.8) is 0 Å². The molecule has 1 aromatic carbocycles. The van der Waals surface area contributed by atoms with Crippen LogP contribution in [0.4, 0.5) is 0 Å². The maximum absolute atomic E-state index is 11.3. The number of amides is 1. The molecule has 1 amide bonds. The second-order valence-corrected chi connectivity index (χ2v) is 5.56. The van der Waals surface area contributed by atoms with E-state index in [1.165, 1.54) is 11.1 Å². The largest absolute Gasteiger partial charge is 0.493 e. The number of ether oxygens (including phenoxy) is 1. The Morgan fingerprint density at radius 3 is 3.00 bits per heavy atom. The van der Waals surface area contributed by atoms with Crippen molar-refractivity contribution in [2.75, 3.05) is 18.9 Å². The van der Waals surface area contributed by atoms with Gasteiger partial charge in [-0.15, -0.1) is 0 Å². The molecule has 18 heavy (non-hydrogen) atoms. The summed E-state index contributed by atoms with van der Waals surface area (Å²) < 4.78 is 5.50. The molecule has 1 aliphatic rings. The average Bonchev–Trinajstić information content (AvgIpc) is 2.83. The summed E-state index contributed by atoms with van der Waals surface area (Å²) in [6.45, 7) is 5.65. The molecule has 2 rings (SSSR count). The average molecular weight is 265 g/mol. The summed E-state index contributed by atoms with van der Waals surface area (Å²) in [6.07, 6.45) is 0.974. The molecule has 3 nitrogen and oxygen atoms in total. The Balaban J connectivity index is 2.11. The van der Waals surface area contributed by atoms with Gasteiger partial charge in [-0.2, -0.15) is 12.6 Å². The lowest BCUT2D eigenvalue weighted by Crippen LogP contribution is -2.37. The van der Waals surface area contributed by atoms with Gasteiger partial charge in [-0.3, -0.25) is 4.79 Å². The van der Waals surface area contributed by atoms with E-state index in [4.69, 9.17) is 4.74 Å². The summed E-state index contributed by atoms with van der Waals surface area (Å²) in [6, 6.07) is 6.30. The monoisotopic (exact) mass is 265 g/mol. The van der Waals surface area contributed by atoms with Crippen molar-refractivity contribution in [1.82, 2.24) is 5.32 Å². The quantitative estimate of drug-likeness (QED) is 0.817. The molecule has 98 valence electrons. The minimum atomic E-state index is -0.0871. The summed E-state index contributed by atoms with van der Waals surface area (Å²) in [5.41, 5.74) is 2.41. The number of rotatable bonds is 4. The van der Waals surface area contributed by atoms with Crippen LogP contribution in [0.2, 0.25) is 0 Å². The van der Waals surface area contributed by atoms with Crippen LogP contribution >= 0.6 is 12.6 Å². The zero-order valence-corrected chi connectivity index (χ0v) is 11.7. The Bertz CT molecular complexity index is 457. The number of carbonyl (C=O) groups excluding carboxylic acids is 1. The number of carbonyl (C=O) groups is 1. The van der Waals surface area contributed by atoms with E-state index in [1.807, 2.05) is 6.07 Å². The lowest BCUT2D eigenvalue weighted by molar-refractivity contribution is -0.118. The van der Waals surface area contributed by atoms with E-state index in [2.05, 4.69) is 43.9 Å². The van der Waals surface area contributed by atoms with Gasteiger partial charge >= 0.3 is 0 Å². The molecule has 0 saturated carbocycles. The van der Waals surface area contributed by atoms with E-state index < -0.39 is 0 Å². The van der Waals surface area contributed by atoms with E-state index >= 15 is 0 Å². The van der Waals surface area contributed by atoms with Crippen LogP contribution in [0.3, 0.4) is 0 Å². The normalized spacial score (nSPS) is 13.9. The highest BCUT2D eigenvalue weighted by Crippen LogP contribution is 2.31. The van der Waals surface area contributed by atoms with Gasteiger partial charge in [0.2, 0.25) is 5.91 Å². The zero-order chi connectivity index (χ0) is 13.2. The van der Waals surface area contributed by atoms with Crippen molar-refractivity contribution >= 4 is 18.5 Å². The highest BCUT2D eigenvalue weighted by Gasteiger charge is 2.23. The van der Waals surface area contributed by atoms with Crippen molar-refractivity contribution in [1.29, 1.82) is 0 Å². The van der Waals surface area contributed by atoms with Gasteiger partial charge in [0.25, 0.3) is 0 Å². The van der Waals surface area contributed by atoms with E-state index in [0.29, 0.717) is 6.54 Å². The van der Waals surface area contributed by atoms with Gasteiger partial charge in [0.05, 0.1) is 12.4 Å². The molecule has 0 aliphatic carbocycles. The summed E-state index contributed by atoms with van der Waals surface area (Å²) in [7, 11) is 0. The SMILES string of the molecule is CC(C)(CNC(=O)CS)c1ccc2c(c1)CCO2. The molecule has 0 saturated heterocycles. The van der Waals surface area contributed by atoms with Gasteiger partial charge in [-0.05, 0) is 17.2 Å². The van der Waals surface area contributed by atoms with Crippen LogP contribution in [0, 0.1) is 0 Å². The summed E-state index contributed by atoms with van der Waals surface area (Å²) in [5.74, 6) is 1.19.